The molecule has 2 aliphatic rings. The summed E-state index contributed by atoms with van der Waals surface area (Å²) < 4.78 is 17.5. The molecule has 0 N–H and O–H groups in total. The van der Waals surface area contributed by atoms with Gasteiger partial charge in [-0.2, -0.15) is 0 Å². The highest BCUT2D eigenvalue weighted by molar-refractivity contribution is 6.62. The summed E-state index contributed by atoms with van der Waals surface area (Å²) in [6.07, 6.45) is 1.03. The molecule has 0 aliphatic carbocycles. The molecule has 2 aliphatic heterocycles. The van der Waals surface area contributed by atoms with Gasteiger partial charge in [-0.1, -0.05) is 12.1 Å². The summed E-state index contributed by atoms with van der Waals surface area (Å²) in [5, 5.41) is 0. The van der Waals surface area contributed by atoms with Crippen LogP contribution in [0.2, 0.25) is 0 Å². The van der Waals surface area contributed by atoms with Crippen molar-refractivity contribution in [2.24, 2.45) is 5.92 Å². The third kappa shape index (κ3) is 3.76. The highest BCUT2D eigenvalue weighted by Gasteiger charge is 2.51. The predicted molar refractivity (Wildman–Crippen MR) is 98.0 cm³/mol. The number of hydrogen-bond acceptors (Lipinski definition) is 4. The molecule has 2 fully saturated rings. The molecule has 1 aromatic rings. The number of carbonyl (C=O) groups excluding carboxylic acids is 1. The molecule has 0 bridgehead atoms. The second-order valence-corrected chi connectivity index (χ2v) is 8.13. The summed E-state index contributed by atoms with van der Waals surface area (Å²) in [6, 6.07) is 7.54. The Morgan fingerprint density at radius 1 is 1.16 bits per heavy atom. The normalized spacial score (nSPS) is 24.5. The average molecular weight is 345 g/mol. The van der Waals surface area contributed by atoms with Gasteiger partial charge in [0, 0.05) is 31.7 Å². The minimum atomic E-state index is -0.400. The molecule has 6 heteroatoms. The van der Waals surface area contributed by atoms with Crippen LogP contribution in [0.5, 0.6) is 0 Å². The number of rotatable bonds is 4. The Hall–Kier alpha value is -1.37. The molecule has 1 aromatic carbocycles. The van der Waals surface area contributed by atoms with Gasteiger partial charge in [-0.15, -0.1) is 0 Å². The Bertz CT molecular complexity index is 607. The van der Waals surface area contributed by atoms with Crippen molar-refractivity contribution in [3.8, 4) is 0 Å². The fourth-order valence-electron chi connectivity index (χ4n) is 3.18. The highest BCUT2D eigenvalue weighted by Crippen LogP contribution is 2.36. The van der Waals surface area contributed by atoms with Crippen molar-refractivity contribution in [1.82, 2.24) is 4.90 Å². The maximum absolute atomic E-state index is 12.6. The van der Waals surface area contributed by atoms with Crippen LogP contribution in [-0.2, 0) is 14.0 Å². The van der Waals surface area contributed by atoms with Gasteiger partial charge in [-0.3, -0.25) is 4.79 Å². The van der Waals surface area contributed by atoms with Gasteiger partial charge in [-0.25, -0.2) is 0 Å². The van der Waals surface area contributed by atoms with Crippen LogP contribution < -0.4 is 5.46 Å². The first-order valence-electron chi connectivity index (χ1n) is 8.98. The second kappa shape index (κ2) is 6.74. The molecule has 5 nitrogen and oxygen atoms in total. The van der Waals surface area contributed by atoms with E-state index in [-0.39, 0.29) is 17.1 Å². The second-order valence-electron chi connectivity index (χ2n) is 8.13. The Balaban J connectivity index is 1.65. The van der Waals surface area contributed by atoms with Crippen molar-refractivity contribution in [2.45, 2.75) is 45.3 Å². The van der Waals surface area contributed by atoms with E-state index >= 15 is 0 Å². The van der Waals surface area contributed by atoms with E-state index in [4.69, 9.17) is 14.0 Å². The Morgan fingerprint density at radius 3 is 2.28 bits per heavy atom. The number of benzene rings is 1. The molecule has 0 unspecified atom stereocenters. The summed E-state index contributed by atoms with van der Waals surface area (Å²) in [4.78, 5) is 14.4. The van der Waals surface area contributed by atoms with Crippen molar-refractivity contribution in [3.63, 3.8) is 0 Å². The highest BCUT2D eigenvalue weighted by atomic mass is 16.7. The van der Waals surface area contributed by atoms with E-state index in [1.54, 1.807) is 4.90 Å². The minimum Gasteiger partial charge on any atom is -0.399 e. The lowest BCUT2D eigenvalue weighted by Crippen LogP contribution is -2.41. The molecule has 0 saturated carbocycles. The predicted octanol–water partition coefficient (Wildman–Crippen LogP) is 2.09. The van der Waals surface area contributed by atoms with Gasteiger partial charge in [-0.05, 0) is 51.7 Å². The molecule has 0 aromatic heterocycles. The van der Waals surface area contributed by atoms with Crippen molar-refractivity contribution in [3.05, 3.63) is 29.8 Å². The van der Waals surface area contributed by atoms with E-state index in [0.717, 1.165) is 31.6 Å². The van der Waals surface area contributed by atoms with Gasteiger partial charge in [0.2, 0.25) is 0 Å². The fourth-order valence-corrected chi connectivity index (χ4v) is 3.18. The summed E-state index contributed by atoms with van der Waals surface area (Å²) in [5.41, 5.74) is 0.884. The Morgan fingerprint density at radius 2 is 1.76 bits per heavy atom. The lowest BCUT2D eigenvalue weighted by molar-refractivity contribution is 0.00578. The van der Waals surface area contributed by atoms with Crippen LogP contribution in [0.25, 0.3) is 0 Å². The van der Waals surface area contributed by atoms with E-state index in [2.05, 4.69) is 0 Å². The number of nitrogens with zero attached hydrogens (tertiary/aromatic N) is 1. The molecular weight excluding hydrogens is 317 g/mol. The minimum absolute atomic E-state index is 0.0346. The van der Waals surface area contributed by atoms with Gasteiger partial charge in [0.15, 0.2) is 0 Å². The van der Waals surface area contributed by atoms with Gasteiger partial charge in [0.05, 0.1) is 17.8 Å². The third-order valence-electron chi connectivity index (χ3n) is 5.59. The zero-order valence-electron chi connectivity index (χ0n) is 15.9. The molecule has 2 heterocycles. The van der Waals surface area contributed by atoms with Gasteiger partial charge < -0.3 is 18.9 Å². The SMILES string of the molecule is CN(C[C@H]1CCOC1)C(=O)c1ccc(B2OC(C)(C)C(C)(C)O2)cc1. The first kappa shape index (κ1) is 18.4. The van der Waals surface area contributed by atoms with Crippen LogP contribution in [-0.4, -0.2) is 55.9 Å². The van der Waals surface area contributed by atoms with Crippen LogP contribution >= 0.6 is 0 Å². The zero-order chi connectivity index (χ0) is 18.2. The monoisotopic (exact) mass is 345 g/mol. The molecule has 0 radical (unpaired) electrons. The van der Waals surface area contributed by atoms with Crippen LogP contribution in [0.1, 0.15) is 44.5 Å². The van der Waals surface area contributed by atoms with E-state index < -0.39 is 7.12 Å². The maximum Gasteiger partial charge on any atom is 0.494 e. The Labute approximate surface area is 150 Å². The largest absolute Gasteiger partial charge is 0.494 e. The summed E-state index contributed by atoms with van der Waals surface area (Å²) in [7, 11) is 1.45. The standard InChI is InChI=1S/C19H28BNO4/c1-18(2)19(3,4)25-20(24-18)16-8-6-15(7-9-16)17(22)21(5)12-14-10-11-23-13-14/h6-9,14H,10-13H2,1-5H3/t14-/m1/s1. The fraction of sp³-hybridized carbons (Fsp3) is 0.632. The molecule has 136 valence electrons. The molecule has 3 rings (SSSR count). The molecule has 1 atom stereocenters. The number of amides is 1. The van der Waals surface area contributed by atoms with Crippen molar-refractivity contribution in [2.75, 3.05) is 26.8 Å². The van der Waals surface area contributed by atoms with E-state index in [0.29, 0.717) is 11.5 Å². The van der Waals surface area contributed by atoms with Crippen LogP contribution in [0, 0.1) is 5.92 Å². The molecule has 25 heavy (non-hydrogen) atoms. The smallest absolute Gasteiger partial charge is 0.399 e. The van der Waals surface area contributed by atoms with Crippen LogP contribution in [0.3, 0.4) is 0 Å². The molecular formula is C19H28BNO4. The quantitative estimate of drug-likeness (QED) is 0.784. The molecule has 0 spiro atoms. The molecule has 1 amide bonds. The average Bonchev–Trinajstić information content (AvgIpc) is 3.13. The summed E-state index contributed by atoms with van der Waals surface area (Å²) >= 11 is 0. The molecule has 2 saturated heterocycles. The zero-order valence-corrected chi connectivity index (χ0v) is 15.9. The van der Waals surface area contributed by atoms with E-state index in [1.807, 2.05) is 59.0 Å². The number of carbonyl (C=O) groups is 1. The van der Waals surface area contributed by atoms with E-state index in [9.17, 15) is 4.79 Å². The Kier molecular flexibility index (Phi) is 4.97. The lowest BCUT2D eigenvalue weighted by atomic mass is 9.79. The third-order valence-corrected chi connectivity index (χ3v) is 5.59. The topological polar surface area (TPSA) is 48.0 Å². The first-order valence-corrected chi connectivity index (χ1v) is 8.98. The maximum atomic E-state index is 12.6. The lowest BCUT2D eigenvalue weighted by Gasteiger charge is -2.32. The van der Waals surface area contributed by atoms with E-state index in [1.165, 1.54) is 0 Å². The number of ether oxygens (including phenoxy) is 1. The van der Waals surface area contributed by atoms with Gasteiger partial charge in [0.25, 0.3) is 5.91 Å². The van der Waals surface area contributed by atoms with Crippen LogP contribution in [0.15, 0.2) is 24.3 Å². The first-order chi connectivity index (χ1) is 11.7. The summed E-state index contributed by atoms with van der Waals surface area (Å²) in [5.74, 6) is 0.477. The summed E-state index contributed by atoms with van der Waals surface area (Å²) in [6.45, 7) is 10.4. The van der Waals surface area contributed by atoms with Gasteiger partial charge in [0.1, 0.15) is 0 Å². The van der Waals surface area contributed by atoms with Crippen molar-refractivity contribution in [1.29, 1.82) is 0 Å². The van der Waals surface area contributed by atoms with Crippen molar-refractivity contribution < 1.29 is 18.8 Å². The number of hydrogen-bond donors (Lipinski definition) is 0. The van der Waals surface area contributed by atoms with Crippen LogP contribution in [0.4, 0.5) is 0 Å². The van der Waals surface area contributed by atoms with Gasteiger partial charge >= 0.3 is 7.12 Å². The van der Waals surface area contributed by atoms with Crippen molar-refractivity contribution >= 4 is 18.5 Å².